The average molecular weight is 388 g/mol. The molecule has 0 saturated carbocycles. The van der Waals surface area contributed by atoms with Gasteiger partial charge in [0.1, 0.15) is 0 Å². The Morgan fingerprint density at radius 2 is 1.68 bits per heavy atom. The largest absolute Gasteiger partial charge is 0.339 e. The highest BCUT2D eigenvalue weighted by Crippen LogP contribution is 2.28. The Labute approximate surface area is 160 Å². The summed E-state index contributed by atoms with van der Waals surface area (Å²) in [6.45, 7) is 6.54. The number of halogens is 2. The van der Waals surface area contributed by atoms with E-state index in [9.17, 15) is 9.59 Å². The molecule has 0 spiro atoms. The Balaban J connectivity index is 0.00000312. The molecule has 2 rings (SSSR count). The van der Waals surface area contributed by atoms with E-state index < -0.39 is 5.41 Å². The third-order valence-electron chi connectivity index (χ3n) is 5.12. The molecule has 2 N–H and O–H groups in total. The lowest BCUT2D eigenvalue weighted by molar-refractivity contribution is -0.143. The van der Waals surface area contributed by atoms with Crippen molar-refractivity contribution in [3.05, 3.63) is 34.9 Å². The second-order valence-electron chi connectivity index (χ2n) is 6.29. The number of nitrogens with zero attached hydrogens (tertiary/aromatic N) is 2. The molecular weight excluding hydrogens is 361 g/mol. The number of rotatable bonds is 5. The minimum Gasteiger partial charge on any atom is -0.339 e. The molecule has 1 aliphatic rings. The normalized spacial score (nSPS) is 14.9. The van der Waals surface area contributed by atoms with Gasteiger partial charge < -0.3 is 15.5 Å². The third kappa shape index (κ3) is 4.66. The fraction of sp³-hybridized carbons (Fsp3) is 0.556. The molecule has 0 atom stereocenters. The summed E-state index contributed by atoms with van der Waals surface area (Å²) in [4.78, 5) is 29.0. The quantitative estimate of drug-likeness (QED) is 0.844. The van der Waals surface area contributed by atoms with Gasteiger partial charge in [0, 0.05) is 43.3 Å². The van der Waals surface area contributed by atoms with Crippen molar-refractivity contribution in [1.29, 1.82) is 0 Å². The maximum Gasteiger partial charge on any atom is 0.254 e. The Bertz CT molecular complexity index is 589. The molecule has 7 heteroatoms. The van der Waals surface area contributed by atoms with Crippen molar-refractivity contribution in [3.63, 3.8) is 0 Å². The third-order valence-corrected chi connectivity index (χ3v) is 5.36. The van der Waals surface area contributed by atoms with E-state index in [0.717, 1.165) is 12.8 Å². The van der Waals surface area contributed by atoms with Crippen LogP contribution in [0, 0.1) is 5.41 Å². The molecule has 1 heterocycles. The van der Waals surface area contributed by atoms with E-state index in [1.165, 1.54) is 0 Å². The average Bonchev–Trinajstić information content (AvgIpc) is 2.63. The van der Waals surface area contributed by atoms with Crippen molar-refractivity contribution in [2.24, 2.45) is 11.1 Å². The molecule has 0 bridgehead atoms. The highest BCUT2D eigenvalue weighted by Gasteiger charge is 2.38. The zero-order valence-electron chi connectivity index (χ0n) is 14.8. The van der Waals surface area contributed by atoms with Crippen molar-refractivity contribution in [2.75, 3.05) is 32.7 Å². The summed E-state index contributed by atoms with van der Waals surface area (Å²) >= 11 is 5.96. The first-order valence-corrected chi connectivity index (χ1v) is 8.89. The lowest BCUT2D eigenvalue weighted by atomic mass is 9.81. The van der Waals surface area contributed by atoms with Crippen LogP contribution in [0.5, 0.6) is 0 Å². The van der Waals surface area contributed by atoms with E-state index in [1.54, 1.807) is 29.2 Å². The number of carbonyl (C=O) groups excluding carboxylic acids is 2. The van der Waals surface area contributed by atoms with Gasteiger partial charge in [-0.15, -0.1) is 12.4 Å². The first-order valence-electron chi connectivity index (χ1n) is 8.51. The van der Waals surface area contributed by atoms with Gasteiger partial charge in [0.15, 0.2) is 0 Å². The second kappa shape index (κ2) is 9.41. The SMILES string of the molecule is CCC(CC)(CN)C(=O)N1CCN(C(=O)c2cccc(Cl)c2)CC1.Cl. The van der Waals surface area contributed by atoms with E-state index in [1.807, 2.05) is 18.7 Å². The number of nitrogens with two attached hydrogens (primary N) is 1. The van der Waals surface area contributed by atoms with Crippen molar-refractivity contribution in [1.82, 2.24) is 9.80 Å². The van der Waals surface area contributed by atoms with Crippen LogP contribution in [0.25, 0.3) is 0 Å². The summed E-state index contributed by atoms with van der Waals surface area (Å²) in [7, 11) is 0. The highest BCUT2D eigenvalue weighted by atomic mass is 35.5. The van der Waals surface area contributed by atoms with Crippen LogP contribution in [-0.4, -0.2) is 54.3 Å². The van der Waals surface area contributed by atoms with Gasteiger partial charge in [0.25, 0.3) is 5.91 Å². The molecule has 0 radical (unpaired) electrons. The Morgan fingerprint density at radius 1 is 1.12 bits per heavy atom. The fourth-order valence-corrected chi connectivity index (χ4v) is 3.37. The van der Waals surface area contributed by atoms with Gasteiger partial charge in [-0.2, -0.15) is 0 Å². The van der Waals surface area contributed by atoms with Gasteiger partial charge in [-0.3, -0.25) is 9.59 Å². The van der Waals surface area contributed by atoms with Gasteiger partial charge in [0.2, 0.25) is 5.91 Å². The lowest BCUT2D eigenvalue weighted by Gasteiger charge is -2.40. The monoisotopic (exact) mass is 387 g/mol. The summed E-state index contributed by atoms with van der Waals surface area (Å²) in [5.74, 6) is 0.0746. The van der Waals surface area contributed by atoms with Gasteiger partial charge >= 0.3 is 0 Å². The van der Waals surface area contributed by atoms with Crippen molar-refractivity contribution in [3.8, 4) is 0 Å². The van der Waals surface area contributed by atoms with Crippen molar-refractivity contribution >= 4 is 35.8 Å². The highest BCUT2D eigenvalue weighted by molar-refractivity contribution is 6.30. The maximum atomic E-state index is 12.8. The van der Waals surface area contributed by atoms with Crippen LogP contribution in [0.1, 0.15) is 37.0 Å². The molecule has 0 unspecified atom stereocenters. The zero-order chi connectivity index (χ0) is 17.7. The molecule has 5 nitrogen and oxygen atoms in total. The number of benzene rings is 1. The molecule has 1 fully saturated rings. The molecular formula is C18H27Cl2N3O2. The minimum absolute atomic E-state index is 0. The number of hydrogen-bond acceptors (Lipinski definition) is 3. The second-order valence-corrected chi connectivity index (χ2v) is 6.72. The van der Waals surface area contributed by atoms with Crippen LogP contribution < -0.4 is 5.73 Å². The molecule has 2 amide bonds. The van der Waals surface area contributed by atoms with Crippen LogP contribution in [-0.2, 0) is 4.79 Å². The first-order chi connectivity index (χ1) is 11.5. The zero-order valence-corrected chi connectivity index (χ0v) is 16.4. The molecule has 0 aromatic heterocycles. The number of carbonyl (C=O) groups is 2. The van der Waals surface area contributed by atoms with Crippen LogP contribution in [0.15, 0.2) is 24.3 Å². The van der Waals surface area contributed by atoms with E-state index in [-0.39, 0.29) is 24.2 Å². The molecule has 1 saturated heterocycles. The van der Waals surface area contributed by atoms with Crippen molar-refractivity contribution in [2.45, 2.75) is 26.7 Å². The Kier molecular flexibility index (Phi) is 8.19. The first kappa shape index (κ1) is 21.7. The maximum absolute atomic E-state index is 12.8. The standard InChI is InChI=1S/C18H26ClN3O2.ClH/c1-3-18(4-2,13-20)17(24)22-10-8-21(9-11-22)16(23)14-6-5-7-15(19)12-14;/h5-7,12H,3-4,8-11,13,20H2,1-2H3;1H. The van der Waals surface area contributed by atoms with E-state index in [0.29, 0.717) is 43.3 Å². The fourth-order valence-electron chi connectivity index (χ4n) is 3.18. The summed E-state index contributed by atoms with van der Waals surface area (Å²) in [5, 5.41) is 0.549. The lowest BCUT2D eigenvalue weighted by Crippen LogP contribution is -2.55. The summed E-state index contributed by atoms with van der Waals surface area (Å²) in [6.07, 6.45) is 1.47. The molecule has 140 valence electrons. The van der Waals surface area contributed by atoms with E-state index in [4.69, 9.17) is 17.3 Å². The van der Waals surface area contributed by atoms with Crippen LogP contribution in [0.2, 0.25) is 5.02 Å². The molecule has 1 aliphatic heterocycles. The van der Waals surface area contributed by atoms with Crippen LogP contribution in [0.4, 0.5) is 0 Å². The van der Waals surface area contributed by atoms with Gasteiger partial charge in [0.05, 0.1) is 5.41 Å². The van der Waals surface area contributed by atoms with E-state index in [2.05, 4.69) is 0 Å². The van der Waals surface area contributed by atoms with Gasteiger partial charge in [-0.25, -0.2) is 0 Å². The Hall–Kier alpha value is -1.30. The predicted octanol–water partition coefficient (Wildman–Crippen LogP) is 2.81. The summed E-state index contributed by atoms with van der Waals surface area (Å²) < 4.78 is 0. The van der Waals surface area contributed by atoms with E-state index >= 15 is 0 Å². The van der Waals surface area contributed by atoms with Gasteiger partial charge in [-0.1, -0.05) is 31.5 Å². The number of amides is 2. The smallest absolute Gasteiger partial charge is 0.254 e. The predicted molar refractivity (Wildman–Crippen MR) is 103 cm³/mol. The summed E-state index contributed by atoms with van der Waals surface area (Å²) in [5.41, 5.74) is 5.99. The van der Waals surface area contributed by atoms with Crippen molar-refractivity contribution < 1.29 is 9.59 Å². The number of piperazine rings is 1. The number of hydrogen-bond donors (Lipinski definition) is 1. The van der Waals surface area contributed by atoms with Crippen LogP contribution in [0.3, 0.4) is 0 Å². The topological polar surface area (TPSA) is 66.6 Å². The summed E-state index contributed by atoms with van der Waals surface area (Å²) in [6, 6.07) is 6.96. The van der Waals surface area contributed by atoms with Crippen LogP contribution >= 0.6 is 24.0 Å². The Morgan fingerprint density at radius 3 is 2.16 bits per heavy atom. The molecule has 0 aliphatic carbocycles. The molecule has 25 heavy (non-hydrogen) atoms. The minimum atomic E-state index is -0.473. The molecule has 1 aromatic carbocycles. The molecule has 1 aromatic rings. The van der Waals surface area contributed by atoms with Gasteiger partial charge in [-0.05, 0) is 31.0 Å².